The number of carboxylic acids is 1. The van der Waals surface area contributed by atoms with E-state index in [0.717, 1.165) is 22.4 Å². The van der Waals surface area contributed by atoms with Crippen molar-refractivity contribution in [2.45, 2.75) is 6.92 Å². The van der Waals surface area contributed by atoms with Crippen LogP contribution in [0.15, 0.2) is 66.7 Å². The Morgan fingerprint density at radius 3 is 2.17 bits per heavy atom. The average Bonchev–Trinajstić information content (AvgIpc) is 3.14. The van der Waals surface area contributed by atoms with Crippen LogP contribution in [0, 0.1) is 6.92 Å². The third-order valence-corrected chi connectivity index (χ3v) is 5.10. The molecule has 0 spiro atoms. The number of carboxylic acid groups (broad SMARTS) is 1. The molecule has 0 amide bonds. The van der Waals surface area contributed by atoms with E-state index in [2.05, 4.69) is 10.3 Å². The van der Waals surface area contributed by atoms with Gasteiger partial charge in [-0.2, -0.15) is 0 Å². The van der Waals surface area contributed by atoms with Gasteiger partial charge < -0.3 is 5.11 Å². The monoisotopic (exact) mass is 423 g/mol. The van der Waals surface area contributed by atoms with Crippen LogP contribution in [-0.4, -0.2) is 26.1 Å². The molecule has 1 N–H and O–H groups in total. The number of aryl methyl sites for hydroxylation is 1. The lowest BCUT2D eigenvalue weighted by atomic mass is 9.98. The summed E-state index contributed by atoms with van der Waals surface area (Å²) in [5, 5.41) is 19.4. The minimum absolute atomic E-state index is 0.191. The van der Waals surface area contributed by atoms with Crippen molar-refractivity contribution in [1.82, 2.24) is 15.0 Å². The zero-order valence-corrected chi connectivity index (χ0v) is 16.8. The maximum absolute atomic E-state index is 11.6. The van der Waals surface area contributed by atoms with E-state index in [1.807, 2.05) is 31.2 Å². The molecule has 0 aliphatic carbocycles. The summed E-state index contributed by atoms with van der Waals surface area (Å²) < 4.78 is 1.69. The summed E-state index contributed by atoms with van der Waals surface area (Å²) in [7, 11) is 0. The smallest absolute Gasteiger partial charge is 0.335 e. The second-order valence-corrected chi connectivity index (χ2v) is 7.39. The number of aromatic nitrogens is 3. The normalized spacial score (nSPS) is 10.9. The number of nitrogens with zero attached hydrogens (tertiary/aromatic N) is 3. The van der Waals surface area contributed by atoms with Crippen LogP contribution in [-0.2, 0) is 0 Å². The van der Waals surface area contributed by atoms with Gasteiger partial charge in [0.05, 0.1) is 11.3 Å². The molecule has 0 saturated carbocycles. The highest BCUT2D eigenvalue weighted by molar-refractivity contribution is 6.30. The number of rotatable bonds is 4. The van der Waals surface area contributed by atoms with Crippen molar-refractivity contribution in [1.29, 1.82) is 0 Å². The lowest BCUT2D eigenvalue weighted by Gasteiger charge is -2.12. The number of hydrogen-bond donors (Lipinski definition) is 1. The Labute approximate surface area is 177 Å². The molecular weight excluding hydrogens is 409 g/mol. The van der Waals surface area contributed by atoms with Gasteiger partial charge in [-0.25, -0.2) is 9.48 Å². The molecule has 3 aromatic carbocycles. The van der Waals surface area contributed by atoms with E-state index in [4.69, 9.17) is 23.2 Å². The highest BCUT2D eigenvalue weighted by atomic mass is 35.5. The van der Waals surface area contributed by atoms with Crippen LogP contribution in [0.4, 0.5) is 0 Å². The van der Waals surface area contributed by atoms with Gasteiger partial charge in [0.1, 0.15) is 11.4 Å². The van der Waals surface area contributed by atoms with E-state index in [1.165, 1.54) is 0 Å². The quantitative estimate of drug-likeness (QED) is 0.442. The Bertz CT molecular complexity index is 1140. The molecule has 0 bridgehead atoms. The Balaban J connectivity index is 2.00. The molecule has 7 heteroatoms. The fourth-order valence-electron chi connectivity index (χ4n) is 3.10. The molecule has 0 fully saturated rings. The Morgan fingerprint density at radius 1 is 0.931 bits per heavy atom. The van der Waals surface area contributed by atoms with Gasteiger partial charge in [-0.05, 0) is 61.0 Å². The molecule has 0 unspecified atom stereocenters. The highest BCUT2D eigenvalue weighted by Gasteiger charge is 2.21. The van der Waals surface area contributed by atoms with Crippen molar-refractivity contribution in [2.24, 2.45) is 0 Å². The van der Waals surface area contributed by atoms with Crippen LogP contribution in [0.25, 0.3) is 28.2 Å². The van der Waals surface area contributed by atoms with Crippen molar-refractivity contribution >= 4 is 29.2 Å². The minimum atomic E-state index is -0.996. The molecule has 1 aromatic heterocycles. The van der Waals surface area contributed by atoms with Crippen molar-refractivity contribution in [3.8, 4) is 28.2 Å². The van der Waals surface area contributed by atoms with Gasteiger partial charge in [-0.1, -0.05) is 46.6 Å². The SMILES string of the molecule is Cc1ccc(C(=O)O)cc1-c1c(-c2ccc(Cl)cc2)nnn1-c1ccc(Cl)cc1. The Hall–Kier alpha value is -3.15. The fraction of sp³-hybridized carbons (Fsp3) is 0.0455. The van der Waals surface area contributed by atoms with Crippen molar-refractivity contribution in [3.05, 3.63) is 87.9 Å². The van der Waals surface area contributed by atoms with E-state index in [1.54, 1.807) is 47.1 Å². The lowest BCUT2D eigenvalue weighted by molar-refractivity contribution is 0.0697. The maximum atomic E-state index is 11.6. The van der Waals surface area contributed by atoms with Crippen LogP contribution in [0.5, 0.6) is 0 Å². The summed E-state index contributed by atoms with van der Waals surface area (Å²) in [5.41, 5.74) is 4.73. The largest absolute Gasteiger partial charge is 0.478 e. The molecule has 1 heterocycles. The molecule has 0 saturated heterocycles. The first kappa shape index (κ1) is 19.2. The number of hydrogen-bond acceptors (Lipinski definition) is 3. The number of carbonyl (C=O) groups is 1. The van der Waals surface area contributed by atoms with Gasteiger partial charge in [0.2, 0.25) is 0 Å². The molecular formula is C22H15Cl2N3O2. The fourth-order valence-corrected chi connectivity index (χ4v) is 3.35. The van der Waals surface area contributed by atoms with Crippen LogP contribution in [0.1, 0.15) is 15.9 Å². The first-order valence-electron chi connectivity index (χ1n) is 8.76. The number of halogens is 2. The maximum Gasteiger partial charge on any atom is 0.335 e. The predicted octanol–water partition coefficient (Wildman–Crippen LogP) is 5.91. The van der Waals surface area contributed by atoms with Gasteiger partial charge in [0.25, 0.3) is 0 Å². The summed E-state index contributed by atoms with van der Waals surface area (Å²) in [4.78, 5) is 11.6. The number of benzene rings is 3. The molecule has 0 atom stereocenters. The van der Waals surface area contributed by atoms with E-state index < -0.39 is 5.97 Å². The van der Waals surface area contributed by atoms with Crippen LogP contribution in [0.2, 0.25) is 10.0 Å². The number of aromatic carboxylic acids is 1. The van der Waals surface area contributed by atoms with E-state index >= 15 is 0 Å². The summed E-state index contributed by atoms with van der Waals surface area (Å²) in [5.74, 6) is -0.996. The van der Waals surface area contributed by atoms with Gasteiger partial charge in [0.15, 0.2) is 0 Å². The van der Waals surface area contributed by atoms with Crippen LogP contribution >= 0.6 is 23.2 Å². The summed E-state index contributed by atoms with van der Waals surface area (Å²) >= 11 is 12.1. The molecule has 29 heavy (non-hydrogen) atoms. The van der Waals surface area contributed by atoms with E-state index in [-0.39, 0.29) is 5.56 Å². The van der Waals surface area contributed by atoms with Gasteiger partial charge >= 0.3 is 5.97 Å². The van der Waals surface area contributed by atoms with Gasteiger partial charge in [-0.15, -0.1) is 5.10 Å². The summed E-state index contributed by atoms with van der Waals surface area (Å²) in [6.07, 6.45) is 0. The molecule has 4 aromatic rings. The Kier molecular flexibility index (Phi) is 5.09. The van der Waals surface area contributed by atoms with Gasteiger partial charge in [-0.3, -0.25) is 0 Å². The standard InChI is InChI=1S/C22H15Cl2N3O2/c1-13-2-3-15(22(28)29)12-19(13)21-20(14-4-6-16(23)7-5-14)25-26-27(21)18-10-8-17(24)9-11-18/h2-12H,1H3,(H,28,29). The molecule has 5 nitrogen and oxygen atoms in total. The molecule has 4 rings (SSSR count). The topological polar surface area (TPSA) is 68.0 Å². The van der Waals surface area contributed by atoms with E-state index in [0.29, 0.717) is 21.4 Å². The molecule has 144 valence electrons. The third-order valence-electron chi connectivity index (χ3n) is 4.60. The summed E-state index contributed by atoms with van der Waals surface area (Å²) in [6.45, 7) is 1.92. The average molecular weight is 424 g/mol. The van der Waals surface area contributed by atoms with Crippen molar-refractivity contribution in [3.63, 3.8) is 0 Å². The molecule has 0 aliphatic rings. The van der Waals surface area contributed by atoms with Crippen molar-refractivity contribution in [2.75, 3.05) is 0 Å². The second kappa shape index (κ2) is 7.70. The lowest BCUT2D eigenvalue weighted by Crippen LogP contribution is -2.03. The zero-order valence-electron chi connectivity index (χ0n) is 15.3. The van der Waals surface area contributed by atoms with Crippen LogP contribution in [0.3, 0.4) is 0 Å². The van der Waals surface area contributed by atoms with E-state index in [9.17, 15) is 9.90 Å². The van der Waals surface area contributed by atoms with Crippen LogP contribution < -0.4 is 0 Å². The summed E-state index contributed by atoms with van der Waals surface area (Å²) in [6, 6.07) is 19.5. The molecule has 0 radical (unpaired) electrons. The second-order valence-electron chi connectivity index (χ2n) is 6.52. The Morgan fingerprint density at radius 2 is 1.55 bits per heavy atom. The van der Waals surface area contributed by atoms with Gasteiger partial charge in [0, 0.05) is 21.2 Å². The predicted molar refractivity (Wildman–Crippen MR) is 114 cm³/mol. The third kappa shape index (κ3) is 3.75. The zero-order chi connectivity index (χ0) is 20.5. The highest BCUT2D eigenvalue weighted by Crippen LogP contribution is 2.35. The first-order valence-corrected chi connectivity index (χ1v) is 9.51. The van der Waals surface area contributed by atoms with Crippen molar-refractivity contribution < 1.29 is 9.90 Å². The first-order chi connectivity index (χ1) is 13.9. The molecule has 0 aliphatic heterocycles. The minimum Gasteiger partial charge on any atom is -0.478 e.